The van der Waals surface area contributed by atoms with Crippen LogP contribution < -0.4 is 0 Å². The molecule has 0 fully saturated rings. The molecule has 0 aromatic rings. The fourth-order valence-corrected chi connectivity index (χ4v) is 0. The van der Waals surface area contributed by atoms with Crippen molar-refractivity contribution in [2.45, 2.75) is 0 Å². The Kier molecular flexibility index (Phi) is 156. The van der Waals surface area contributed by atoms with Crippen molar-refractivity contribution >= 4 is 52.1 Å². The van der Waals surface area contributed by atoms with Crippen LogP contribution in [0.3, 0.4) is 0 Å². The van der Waals surface area contributed by atoms with Crippen LogP contribution in [-0.2, 0) is 21.1 Å². The van der Waals surface area contributed by atoms with Crippen LogP contribution in [0.4, 0.5) is 0 Å². The fraction of sp³-hybridized carbons (Fsp3) is 0. The second-order valence-electron chi connectivity index (χ2n) is 0. The summed E-state index contributed by atoms with van der Waals surface area (Å²) in [6.45, 7) is 0. The van der Waals surface area contributed by atoms with Gasteiger partial charge < -0.3 is 0 Å². The van der Waals surface area contributed by atoms with Crippen molar-refractivity contribution in [3.8, 4) is 0 Å². The summed E-state index contributed by atoms with van der Waals surface area (Å²) in [4.78, 5) is 0. The standard InChI is InChI=1S/3Al.Mo.9H. The minimum atomic E-state index is 0. The molecule has 0 radical (unpaired) electrons. The first-order valence-corrected chi connectivity index (χ1v) is 0. The molecule has 0 unspecified atom stereocenters. The summed E-state index contributed by atoms with van der Waals surface area (Å²) in [6.07, 6.45) is 0. The normalized spacial score (nSPS) is 0. The molecule has 0 aromatic heterocycles. The third-order valence-electron chi connectivity index (χ3n) is 0. The van der Waals surface area contributed by atoms with Crippen molar-refractivity contribution in [3.63, 3.8) is 0 Å². The Labute approximate surface area is 72.4 Å². The summed E-state index contributed by atoms with van der Waals surface area (Å²) in [5.41, 5.74) is 0. The van der Waals surface area contributed by atoms with Gasteiger partial charge in [0.15, 0.2) is 52.1 Å². The van der Waals surface area contributed by atoms with Crippen molar-refractivity contribution in [3.05, 3.63) is 0 Å². The first kappa shape index (κ1) is 33.6. The maximum absolute atomic E-state index is 0. The summed E-state index contributed by atoms with van der Waals surface area (Å²) in [7, 11) is 0. The quantitative estimate of drug-likeness (QED) is 0.343. The van der Waals surface area contributed by atoms with Crippen LogP contribution in [0.15, 0.2) is 0 Å². The Morgan fingerprint density at radius 2 is 0.500 bits per heavy atom. The summed E-state index contributed by atoms with van der Waals surface area (Å²) < 4.78 is 0. The summed E-state index contributed by atoms with van der Waals surface area (Å²) in [5, 5.41) is 0. The maximum Gasteiger partial charge on any atom is 0.187 e. The van der Waals surface area contributed by atoms with E-state index in [2.05, 4.69) is 0 Å². The Hall–Kier alpha value is 2.29. The van der Waals surface area contributed by atoms with Gasteiger partial charge in [-0.25, -0.2) is 0 Å². The van der Waals surface area contributed by atoms with E-state index in [1.54, 1.807) is 0 Å². The van der Waals surface area contributed by atoms with Crippen molar-refractivity contribution in [2.75, 3.05) is 0 Å². The van der Waals surface area contributed by atoms with Crippen LogP contribution >= 0.6 is 0 Å². The molecule has 0 spiro atoms. The fourth-order valence-electron chi connectivity index (χ4n) is 0. The first-order valence-electron chi connectivity index (χ1n) is 0. The van der Waals surface area contributed by atoms with Gasteiger partial charge in [-0.05, 0) is 0 Å². The van der Waals surface area contributed by atoms with Gasteiger partial charge in [0.05, 0.1) is 0 Å². The Morgan fingerprint density at radius 1 is 0.500 bits per heavy atom. The minimum Gasteiger partial charge on any atom is 0 e. The zero-order valence-electron chi connectivity index (χ0n) is 0.408. The molecule has 0 N–H and O–H groups in total. The number of rotatable bonds is 0. The van der Waals surface area contributed by atoms with E-state index in [-0.39, 0.29) is 73.1 Å². The minimum absolute atomic E-state index is 0. The molecule has 4 heteroatoms. The van der Waals surface area contributed by atoms with E-state index in [4.69, 9.17) is 0 Å². The van der Waals surface area contributed by atoms with Gasteiger partial charge in [0.25, 0.3) is 0 Å². The number of hydrogen-bond acceptors (Lipinski definition) is 0. The van der Waals surface area contributed by atoms with E-state index in [1.165, 1.54) is 0 Å². The molecule has 0 saturated carbocycles. The molecule has 0 rings (SSSR count). The molecule has 4 heavy (non-hydrogen) atoms. The van der Waals surface area contributed by atoms with Crippen LogP contribution in [0.1, 0.15) is 0 Å². The van der Waals surface area contributed by atoms with E-state index < -0.39 is 0 Å². The first-order chi connectivity index (χ1) is 0. The second-order valence-corrected chi connectivity index (χ2v) is 0. The molecule has 0 aliphatic rings. The van der Waals surface area contributed by atoms with Gasteiger partial charge in [0.2, 0.25) is 0 Å². The predicted molar refractivity (Wildman–Crippen MR) is 29.8 cm³/mol. The van der Waals surface area contributed by atoms with Crippen LogP contribution in [-0.4, -0.2) is 52.1 Å². The second kappa shape index (κ2) is 18.6. The molecule has 0 aliphatic heterocycles. The van der Waals surface area contributed by atoms with E-state index in [0.717, 1.165) is 0 Å². The molecule has 0 bridgehead atoms. The molecule has 0 saturated heterocycles. The van der Waals surface area contributed by atoms with Gasteiger partial charge in [-0.2, -0.15) is 0 Å². The van der Waals surface area contributed by atoms with Gasteiger partial charge in [-0.1, -0.05) is 0 Å². The van der Waals surface area contributed by atoms with Gasteiger partial charge in [-0.15, -0.1) is 0 Å². The Balaban J connectivity index is 0. The van der Waals surface area contributed by atoms with Gasteiger partial charge in [0, 0.05) is 21.1 Å². The van der Waals surface area contributed by atoms with Crippen molar-refractivity contribution < 1.29 is 21.1 Å². The van der Waals surface area contributed by atoms with Crippen LogP contribution in [0, 0.1) is 0 Å². The molecule has 0 aliphatic carbocycles. The molecule has 0 amide bonds. The molecular formula is H9Al3Mo. The molecular weight excluding hydrogens is 177 g/mol. The van der Waals surface area contributed by atoms with E-state index in [9.17, 15) is 0 Å². The number of hydrogen-bond donors (Lipinski definition) is 0. The van der Waals surface area contributed by atoms with E-state index >= 15 is 0 Å². The molecule has 0 heterocycles. The summed E-state index contributed by atoms with van der Waals surface area (Å²) >= 11 is 0. The Bertz CT molecular complexity index is 3.25. The van der Waals surface area contributed by atoms with E-state index in [1.807, 2.05) is 0 Å². The van der Waals surface area contributed by atoms with Crippen LogP contribution in [0.25, 0.3) is 0 Å². The largest absolute Gasteiger partial charge is 0.187 e. The maximum atomic E-state index is 0. The molecule has 0 aromatic carbocycles. The van der Waals surface area contributed by atoms with Gasteiger partial charge in [-0.3, -0.25) is 0 Å². The van der Waals surface area contributed by atoms with Crippen molar-refractivity contribution in [2.24, 2.45) is 0 Å². The summed E-state index contributed by atoms with van der Waals surface area (Å²) in [6, 6.07) is 0. The van der Waals surface area contributed by atoms with Gasteiger partial charge >= 0.3 is 0 Å². The van der Waals surface area contributed by atoms with Crippen LogP contribution in [0.2, 0.25) is 0 Å². The SMILES string of the molecule is [AlH3].[AlH3].[AlH3].[Mo]. The third kappa shape index (κ3) is 8.86. The summed E-state index contributed by atoms with van der Waals surface area (Å²) in [5.74, 6) is 0. The Morgan fingerprint density at radius 3 is 0.500 bits per heavy atom. The zero-order chi connectivity index (χ0) is 0. The molecule has 24 valence electrons. The van der Waals surface area contributed by atoms with Crippen molar-refractivity contribution in [1.29, 1.82) is 0 Å². The average Bonchev–Trinajstić information content (AvgIpc) is 0. The molecule has 0 nitrogen and oxygen atoms in total. The average molecular weight is 186 g/mol. The van der Waals surface area contributed by atoms with Gasteiger partial charge in [0.1, 0.15) is 0 Å². The van der Waals surface area contributed by atoms with Crippen molar-refractivity contribution in [1.82, 2.24) is 0 Å². The smallest absolute Gasteiger partial charge is 0 e. The third-order valence-corrected chi connectivity index (χ3v) is 0. The molecule has 0 atom stereocenters. The van der Waals surface area contributed by atoms with Crippen LogP contribution in [0.5, 0.6) is 0 Å². The predicted octanol–water partition coefficient (Wildman–Crippen LogP) is -3.55. The monoisotopic (exact) mass is 188 g/mol. The topological polar surface area (TPSA) is 0 Å². The van der Waals surface area contributed by atoms with E-state index in [0.29, 0.717) is 0 Å². The zero-order valence-corrected chi connectivity index (χ0v) is 2.42.